The molecule has 0 bridgehead atoms. The number of aliphatic hydroxyl groups is 1. The highest BCUT2D eigenvalue weighted by molar-refractivity contribution is 5.43. The molecule has 3 rings (SSSR count). The summed E-state index contributed by atoms with van der Waals surface area (Å²) in [7, 11) is 0. The van der Waals surface area contributed by atoms with E-state index in [2.05, 4.69) is 11.0 Å². The number of phenolic OH excluding ortho intramolecular Hbond substituents is 1. The molecule has 0 unspecified atom stereocenters. The molecule has 0 saturated carbocycles. The van der Waals surface area contributed by atoms with Crippen LogP contribution in [0.5, 0.6) is 17.2 Å². The summed E-state index contributed by atoms with van der Waals surface area (Å²) in [5.74, 6) is 2.01. The number of likely N-dealkylation sites (tertiary alicyclic amines) is 1. The molecule has 0 aliphatic carbocycles. The van der Waals surface area contributed by atoms with E-state index in [-0.39, 0.29) is 5.75 Å². The Balaban J connectivity index is 1.45. The van der Waals surface area contributed by atoms with Crippen molar-refractivity contribution in [3.63, 3.8) is 0 Å². The van der Waals surface area contributed by atoms with Crippen molar-refractivity contribution in [2.24, 2.45) is 0 Å². The lowest BCUT2D eigenvalue weighted by Crippen LogP contribution is -2.40. The molecule has 1 aliphatic heterocycles. The molecule has 1 aliphatic rings. The summed E-state index contributed by atoms with van der Waals surface area (Å²) < 4.78 is 11.2. The predicted molar refractivity (Wildman–Crippen MR) is 110 cm³/mol. The molecular formula is C23H31NO4. The van der Waals surface area contributed by atoms with E-state index >= 15 is 0 Å². The molecule has 1 atom stereocenters. The Hall–Kier alpha value is -2.24. The highest BCUT2D eigenvalue weighted by Crippen LogP contribution is 2.34. The van der Waals surface area contributed by atoms with Crippen LogP contribution in [0.2, 0.25) is 0 Å². The average Bonchev–Trinajstić information content (AvgIpc) is 2.70. The lowest BCUT2D eigenvalue weighted by molar-refractivity contribution is 0.0592. The summed E-state index contributed by atoms with van der Waals surface area (Å²) in [6.07, 6.45) is 1.52. The number of ether oxygens (including phenoxy) is 2. The number of phenols is 1. The largest absolute Gasteiger partial charge is 0.504 e. The standard InChI is InChI=1S/C23H31NO4/c1-3-27-23-9-8-19(14-21(23)26)18-10-12-24(13-11-18)15-20(25)16-28-22-7-5-4-6-17(22)2/h4-9,14,18,20,25-26H,3,10-13,15-16H2,1-2H3/t20-/m1/s1. The molecule has 152 valence electrons. The number of rotatable bonds is 8. The third-order valence-electron chi connectivity index (χ3n) is 5.34. The maximum absolute atomic E-state index is 10.3. The van der Waals surface area contributed by atoms with Gasteiger partial charge >= 0.3 is 0 Å². The Morgan fingerprint density at radius 1 is 1.07 bits per heavy atom. The van der Waals surface area contributed by atoms with Gasteiger partial charge in [0.15, 0.2) is 11.5 Å². The van der Waals surface area contributed by atoms with E-state index < -0.39 is 6.10 Å². The number of nitrogens with zero attached hydrogens (tertiary/aromatic N) is 1. The molecule has 0 radical (unpaired) electrons. The van der Waals surface area contributed by atoms with Crippen LogP contribution < -0.4 is 9.47 Å². The normalized spacial score (nSPS) is 16.7. The van der Waals surface area contributed by atoms with Crippen LogP contribution in [0.1, 0.15) is 36.8 Å². The number of para-hydroxylation sites is 1. The number of piperidine rings is 1. The Morgan fingerprint density at radius 2 is 1.82 bits per heavy atom. The first-order valence-electron chi connectivity index (χ1n) is 10.1. The number of benzene rings is 2. The van der Waals surface area contributed by atoms with Gasteiger partial charge < -0.3 is 24.6 Å². The van der Waals surface area contributed by atoms with Crippen molar-refractivity contribution in [2.45, 2.75) is 38.7 Å². The first-order valence-corrected chi connectivity index (χ1v) is 10.1. The number of aliphatic hydroxyl groups excluding tert-OH is 1. The summed E-state index contributed by atoms with van der Waals surface area (Å²) in [4.78, 5) is 2.29. The Kier molecular flexibility index (Phi) is 7.18. The van der Waals surface area contributed by atoms with Crippen LogP contribution in [0.25, 0.3) is 0 Å². The van der Waals surface area contributed by atoms with Crippen LogP contribution in [0.4, 0.5) is 0 Å². The van der Waals surface area contributed by atoms with Crippen molar-refractivity contribution in [1.29, 1.82) is 0 Å². The van der Waals surface area contributed by atoms with Crippen molar-refractivity contribution in [3.8, 4) is 17.2 Å². The average molecular weight is 386 g/mol. The van der Waals surface area contributed by atoms with Gasteiger partial charge in [-0.15, -0.1) is 0 Å². The third-order valence-corrected chi connectivity index (χ3v) is 5.34. The Bertz CT molecular complexity index is 756. The van der Waals surface area contributed by atoms with Gasteiger partial charge in [-0.3, -0.25) is 0 Å². The topological polar surface area (TPSA) is 62.2 Å². The lowest BCUT2D eigenvalue weighted by atomic mass is 9.89. The second-order valence-electron chi connectivity index (χ2n) is 7.47. The second kappa shape index (κ2) is 9.80. The highest BCUT2D eigenvalue weighted by Gasteiger charge is 2.23. The molecule has 28 heavy (non-hydrogen) atoms. The van der Waals surface area contributed by atoms with E-state index in [1.165, 1.54) is 0 Å². The van der Waals surface area contributed by atoms with Crippen LogP contribution in [-0.2, 0) is 0 Å². The molecular weight excluding hydrogens is 354 g/mol. The molecule has 2 aromatic carbocycles. The van der Waals surface area contributed by atoms with E-state index in [9.17, 15) is 10.2 Å². The van der Waals surface area contributed by atoms with E-state index in [0.29, 0.717) is 31.4 Å². The van der Waals surface area contributed by atoms with Gasteiger partial charge in [-0.2, -0.15) is 0 Å². The van der Waals surface area contributed by atoms with E-state index in [1.807, 2.05) is 50.2 Å². The first kappa shape index (κ1) is 20.5. The van der Waals surface area contributed by atoms with Crippen molar-refractivity contribution >= 4 is 0 Å². The van der Waals surface area contributed by atoms with Gasteiger partial charge in [-0.25, -0.2) is 0 Å². The predicted octanol–water partition coefficient (Wildman–Crippen LogP) is 3.72. The fraction of sp³-hybridized carbons (Fsp3) is 0.478. The third kappa shape index (κ3) is 5.40. The molecule has 2 N–H and O–H groups in total. The van der Waals surface area contributed by atoms with Crippen molar-refractivity contribution in [1.82, 2.24) is 4.90 Å². The highest BCUT2D eigenvalue weighted by atomic mass is 16.5. The van der Waals surface area contributed by atoms with E-state index in [4.69, 9.17) is 9.47 Å². The number of aromatic hydroxyl groups is 1. The fourth-order valence-electron chi connectivity index (χ4n) is 3.77. The molecule has 0 spiro atoms. The van der Waals surface area contributed by atoms with Gasteiger partial charge in [0, 0.05) is 6.54 Å². The summed E-state index contributed by atoms with van der Waals surface area (Å²) >= 11 is 0. The molecule has 0 aromatic heterocycles. The van der Waals surface area contributed by atoms with Crippen LogP contribution in [0.15, 0.2) is 42.5 Å². The smallest absolute Gasteiger partial charge is 0.160 e. The summed E-state index contributed by atoms with van der Waals surface area (Å²) in [6.45, 7) is 7.24. The SMILES string of the molecule is CCOc1ccc(C2CCN(C[C@@H](O)COc3ccccc3C)CC2)cc1O. The number of aryl methyl sites for hydroxylation is 1. The van der Waals surface area contributed by atoms with Gasteiger partial charge in [0.05, 0.1) is 6.61 Å². The number of β-amino-alcohol motifs (C(OH)–C–C–N with tert-alkyl or cyclic N) is 1. The molecule has 5 heteroatoms. The zero-order valence-corrected chi connectivity index (χ0v) is 16.8. The van der Waals surface area contributed by atoms with Crippen LogP contribution >= 0.6 is 0 Å². The zero-order valence-electron chi connectivity index (χ0n) is 16.8. The molecule has 5 nitrogen and oxygen atoms in total. The summed E-state index contributed by atoms with van der Waals surface area (Å²) in [5.41, 5.74) is 2.23. The Labute approximate surface area is 167 Å². The van der Waals surface area contributed by atoms with Crippen LogP contribution in [0.3, 0.4) is 0 Å². The van der Waals surface area contributed by atoms with E-state index in [0.717, 1.165) is 42.8 Å². The van der Waals surface area contributed by atoms with Gasteiger partial charge in [-0.1, -0.05) is 24.3 Å². The number of hydrogen-bond donors (Lipinski definition) is 2. The van der Waals surface area contributed by atoms with Crippen LogP contribution in [-0.4, -0.2) is 54.1 Å². The lowest BCUT2D eigenvalue weighted by Gasteiger charge is -2.33. The molecule has 2 aromatic rings. The van der Waals surface area contributed by atoms with Gasteiger partial charge in [-0.05, 0) is 75.0 Å². The minimum Gasteiger partial charge on any atom is -0.504 e. The van der Waals surface area contributed by atoms with Gasteiger partial charge in [0.25, 0.3) is 0 Å². The molecule has 1 saturated heterocycles. The minimum absolute atomic E-state index is 0.213. The second-order valence-corrected chi connectivity index (χ2v) is 7.47. The van der Waals surface area contributed by atoms with Crippen molar-refractivity contribution in [3.05, 3.63) is 53.6 Å². The van der Waals surface area contributed by atoms with Crippen molar-refractivity contribution < 1.29 is 19.7 Å². The van der Waals surface area contributed by atoms with Crippen molar-refractivity contribution in [2.75, 3.05) is 32.8 Å². The summed E-state index contributed by atoms with van der Waals surface area (Å²) in [5, 5.41) is 20.5. The van der Waals surface area contributed by atoms with Gasteiger partial charge in [0.1, 0.15) is 18.5 Å². The fourth-order valence-corrected chi connectivity index (χ4v) is 3.77. The maximum Gasteiger partial charge on any atom is 0.160 e. The molecule has 0 amide bonds. The Morgan fingerprint density at radius 3 is 2.50 bits per heavy atom. The number of hydrogen-bond acceptors (Lipinski definition) is 5. The van der Waals surface area contributed by atoms with E-state index in [1.54, 1.807) is 0 Å². The zero-order chi connectivity index (χ0) is 19.9. The monoisotopic (exact) mass is 385 g/mol. The summed E-state index contributed by atoms with van der Waals surface area (Å²) in [6, 6.07) is 13.6. The van der Waals surface area contributed by atoms with Gasteiger partial charge in [0.2, 0.25) is 0 Å². The van der Waals surface area contributed by atoms with Crippen LogP contribution in [0, 0.1) is 6.92 Å². The molecule has 1 fully saturated rings. The minimum atomic E-state index is -0.509. The molecule has 1 heterocycles. The first-order chi connectivity index (χ1) is 13.6. The quantitative estimate of drug-likeness (QED) is 0.725. The maximum atomic E-state index is 10.3.